The molecule has 0 aromatic heterocycles. The minimum atomic E-state index is -0.174. The number of rotatable bonds is 1. The van der Waals surface area contributed by atoms with E-state index in [2.05, 4.69) is 5.32 Å². The molecular formula is C5H11BN2O. The van der Waals surface area contributed by atoms with E-state index in [1.54, 1.807) is 0 Å². The molecule has 3 nitrogen and oxygen atoms in total. The lowest BCUT2D eigenvalue weighted by Crippen LogP contribution is -2.47. The van der Waals surface area contributed by atoms with Crippen molar-refractivity contribution >= 4 is 7.85 Å². The first-order valence-electron chi connectivity index (χ1n) is 3.14. The lowest BCUT2D eigenvalue weighted by molar-refractivity contribution is 0.0103. The van der Waals surface area contributed by atoms with E-state index in [9.17, 15) is 0 Å². The molecule has 50 valence electrons. The average molecular weight is 126 g/mol. The maximum absolute atomic E-state index is 5.46. The SMILES string of the molecule is [B]C1CNCC(CN)O1. The van der Waals surface area contributed by atoms with E-state index in [4.69, 9.17) is 18.3 Å². The zero-order valence-corrected chi connectivity index (χ0v) is 5.34. The Labute approximate surface area is 56.3 Å². The molecule has 0 saturated carbocycles. The zero-order valence-electron chi connectivity index (χ0n) is 5.34. The maximum Gasteiger partial charge on any atom is 0.110 e. The number of hydrogen-bond acceptors (Lipinski definition) is 3. The highest BCUT2D eigenvalue weighted by Gasteiger charge is 2.15. The summed E-state index contributed by atoms with van der Waals surface area (Å²) in [7, 11) is 5.46. The molecule has 0 aliphatic carbocycles. The van der Waals surface area contributed by atoms with Crippen LogP contribution in [0.4, 0.5) is 0 Å². The van der Waals surface area contributed by atoms with Crippen LogP contribution in [0.15, 0.2) is 0 Å². The summed E-state index contributed by atoms with van der Waals surface area (Å²) in [4.78, 5) is 0. The van der Waals surface area contributed by atoms with Crippen molar-refractivity contribution in [2.45, 2.75) is 12.1 Å². The van der Waals surface area contributed by atoms with Gasteiger partial charge in [0.2, 0.25) is 0 Å². The van der Waals surface area contributed by atoms with Gasteiger partial charge in [0.25, 0.3) is 0 Å². The summed E-state index contributed by atoms with van der Waals surface area (Å²) in [5, 5.41) is 3.11. The number of morpholine rings is 1. The van der Waals surface area contributed by atoms with Crippen molar-refractivity contribution in [1.29, 1.82) is 0 Å². The minimum Gasteiger partial charge on any atom is -0.381 e. The molecule has 2 atom stereocenters. The summed E-state index contributed by atoms with van der Waals surface area (Å²) in [6.07, 6.45) is 0.105. The van der Waals surface area contributed by atoms with Crippen LogP contribution in [0.5, 0.6) is 0 Å². The van der Waals surface area contributed by atoms with Gasteiger partial charge in [-0.3, -0.25) is 0 Å². The molecule has 4 heteroatoms. The van der Waals surface area contributed by atoms with Crippen LogP contribution < -0.4 is 11.1 Å². The average Bonchev–Trinajstić information content (AvgIpc) is 1.88. The molecule has 0 spiro atoms. The molecule has 1 fully saturated rings. The Morgan fingerprint density at radius 2 is 2.44 bits per heavy atom. The third kappa shape index (κ3) is 1.97. The topological polar surface area (TPSA) is 47.3 Å². The Hall–Kier alpha value is -0.0551. The largest absolute Gasteiger partial charge is 0.381 e. The van der Waals surface area contributed by atoms with Gasteiger partial charge < -0.3 is 15.8 Å². The smallest absolute Gasteiger partial charge is 0.110 e. The second kappa shape index (κ2) is 3.20. The Morgan fingerprint density at radius 3 is 2.89 bits per heavy atom. The Kier molecular flexibility index (Phi) is 2.51. The molecule has 3 N–H and O–H groups in total. The highest BCUT2D eigenvalue weighted by atomic mass is 16.5. The van der Waals surface area contributed by atoms with E-state index in [0.717, 1.165) is 13.1 Å². The summed E-state index contributed by atoms with van der Waals surface area (Å²) in [5.74, 6) is 0. The molecule has 1 saturated heterocycles. The quantitative estimate of drug-likeness (QED) is 0.417. The van der Waals surface area contributed by atoms with E-state index in [-0.39, 0.29) is 12.1 Å². The van der Waals surface area contributed by atoms with E-state index >= 15 is 0 Å². The molecule has 0 amide bonds. The highest BCUT2D eigenvalue weighted by molar-refractivity contribution is 6.11. The molecule has 1 aliphatic heterocycles. The number of nitrogens with two attached hydrogens (primary N) is 1. The second-order valence-electron chi connectivity index (χ2n) is 2.19. The van der Waals surface area contributed by atoms with Crippen molar-refractivity contribution in [2.75, 3.05) is 19.6 Å². The molecule has 1 aliphatic rings. The highest BCUT2D eigenvalue weighted by Crippen LogP contribution is 1.97. The molecule has 1 heterocycles. The summed E-state index contributed by atoms with van der Waals surface area (Å²) in [6, 6.07) is -0.174. The summed E-state index contributed by atoms with van der Waals surface area (Å²) >= 11 is 0. The van der Waals surface area contributed by atoms with Crippen molar-refractivity contribution in [3.8, 4) is 0 Å². The predicted molar refractivity (Wildman–Crippen MR) is 36.3 cm³/mol. The Bertz CT molecular complexity index is 91.0. The molecule has 1 rings (SSSR count). The van der Waals surface area contributed by atoms with Gasteiger partial charge in [0.15, 0.2) is 0 Å². The molecule has 0 aromatic carbocycles. The summed E-state index contributed by atoms with van der Waals surface area (Å²) < 4.78 is 5.23. The summed E-state index contributed by atoms with van der Waals surface area (Å²) in [6.45, 7) is 2.10. The molecule has 2 unspecified atom stereocenters. The first-order chi connectivity index (χ1) is 4.33. The van der Waals surface area contributed by atoms with E-state index < -0.39 is 0 Å². The second-order valence-corrected chi connectivity index (χ2v) is 2.19. The summed E-state index contributed by atoms with van der Waals surface area (Å²) in [5.41, 5.74) is 5.34. The van der Waals surface area contributed by atoms with Gasteiger partial charge in [0, 0.05) is 25.6 Å². The van der Waals surface area contributed by atoms with Crippen molar-refractivity contribution in [3.63, 3.8) is 0 Å². The van der Waals surface area contributed by atoms with Gasteiger partial charge in [-0.1, -0.05) is 0 Å². The van der Waals surface area contributed by atoms with Gasteiger partial charge in [0.05, 0.1) is 6.10 Å². The van der Waals surface area contributed by atoms with Crippen LogP contribution in [-0.4, -0.2) is 39.6 Å². The van der Waals surface area contributed by atoms with Gasteiger partial charge in [-0.25, -0.2) is 0 Å². The molecule has 2 radical (unpaired) electrons. The first kappa shape index (κ1) is 7.06. The van der Waals surface area contributed by atoms with Gasteiger partial charge >= 0.3 is 0 Å². The fourth-order valence-electron chi connectivity index (χ4n) is 0.869. The normalized spacial score (nSPS) is 36.6. The number of ether oxygens (including phenoxy) is 1. The van der Waals surface area contributed by atoms with Crippen LogP contribution >= 0.6 is 0 Å². The van der Waals surface area contributed by atoms with E-state index in [1.807, 2.05) is 0 Å². The maximum atomic E-state index is 5.46. The van der Waals surface area contributed by atoms with Crippen molar-refractivity contribution < 1.29 is 4.74 Å². The van der Waals surface area contributed by atoms with Gasteiger partial charge in [0.1, 0.15) is 7.85 Å². The van der Waals surface area contributed by atoms with Gasteiger partial charge in [-0.05, 0) is 0 Å². The van der Waals surface area contributed by atoms with Crippen molar-refractivity contribution in [1.82, 2.24) is 5.32 Å². The zero-order chi connectivity index (χ0) is 6.69. The standard InChI is InChI=1S/C5H11BN2O/c6-5-3-8-2-4(1-7)9-5/h4-5,8H,1-3,7H2. The minimum absolute atomic E-state index is 0.105. The van der Waals surface area contributed by atoms with Gasteiger partial charge in [-0.15, -0.1) is 0 Å². The lowest BCUT2D eigenvalue weighted by Gasteiger charge is -2.27. The van der Waals surface area contributed by atoms with Crippen LogP contribution in [0.2, 0.25) is 0 Å². The van der Waals surface area contributed by atoms with Crippen LogP contribution in [0.1, 0.15) is 0 Å². The van der Waals surface area contributed by atoms with Crippen LogP contribution in [0, 0.1) is 0 Å². The number of nitrogens with one attached hydrogen (secondary N) is 1. The Morgan fingerprint density at radius 1 is 1.67 bits per heavy atom. The fourth-order valence-corrected chi connectivity index (χ4v) is 0.869. The van der Waals surface area contributed by atoms with Crippen LogP contribution in [0.3, 0.4) is 0 Å². The van der Waals surface area contributed by atoms with Crippen molar-refractivity contribution in [3.05, 3.63) is 0 Å². The lowest BCUT2D eigenvalue weighted by atomic mass is 9.98. The van der Waals surface area contributed by atoms with Gasteiger partial charge in [-0.2, -0.15) is 0 Å². The Balaban J connectivity index is 2.23. The molecular weight excluding hydrogens is 115 g/mol. The number of hydrogen-bond donors (Lipinski definition) is 2. The van der Waals surface area contributed by atoms with E-state index in [1.165, 1.54) is 0 Å². The molecule has 9 heavy (non-hydrogen) atoms. The van der Waals surface area contributed by atoms with Crippen LogP contribution in [0.25, 0.3) is 0 Å². The fraction of sp³-hybridized carbons (Fsp3) is 1.00. The molecule has 0 aromatic rings. The molecule has 0 bridgehead atoms. The van der Waals surface area contributed by atoms with Crippen LogP contribution in [-0.2, 0) is 4.74 Å². The predicted octanol–water partition coefficient (Wildman–Crippen LogP) is -1.57. The van der Waals surface area contributed by atoms with Crippen molar-refractivity contribution in [2.24, 2.45) is 5.73 Å². The monoisotopic (exact) mass is 126 g/mol. The van der Waals surface area contributed by atoms with E-state index in [0.29, 0.717) is 6.54 Å². The third-order valence-electron chi connectivity index (χ3n) is 1.35. The third-order valence-corrected chi connectivity index (χ3v) is 1.35. The first-order valence-corrected chi connectivity index (χ1v) is 3.14.